The highest BCUT2D eigenvalue weighted by molar-refractivity contribution is 9.11. The topological polar surface area (TPSA) is 102 Å². The van der Waals surface area contributed by atoms with Gasteiger partial charge < -0.3 is 10.1 Å². The first kappa shape index (κ1) is 20.5. The molecule has 8 nitrogen and oxygen atoms in total. The second-order valence-corrected chi connectivity index (χ2v) is 7.18. The Kier molecular flexibility index (Phi) is 5.69. The summed E-state index contributed by atoms with van der Waals surface area (Å²) in [4.78, 5) is 37.8. The predicted molar refractivity (Wildman–Crippen MR) is 112 cm³/mol. The lowest BCUT2D eigenvalue weighted by atomic mass is 10.0. The molecule has 1 aliphatic rings. The molecule has 150 valence electrons. The van der Waals surface area contributed by atoms with E-state index in [1.807, 2.05) is 6.07 Å². The fourth-order valence-corrected chi connectivity index (χ4v) is 3.68. The van der Waals surface area contributed by atoms with Crippen LogP contribution in [0.3, 0.4) is 0 Å². The van der Waals surface area contributed by atoms with E-state index in [9.17, 15) is 19.7 Å². The third-order valence-corrected chi connectivity index (χ3v) is 5.71. The lowest BCUT2D eigenvalue weighted by Gasteiger charge is -2.33. The number of carbonyl (C=O) groups excluding carboxylic acids is 2. The van der Waals surface area contributed by atoms with Crippen LogP contribution in [0.25, 0.3) is 0 Å². The summed E-state index contributed by atoms with van der Waals surface area (Å²) in [7, 11) is 0. The van der Waals surface area contributed by atoms with E-state index in [2.05, 4.69) is 21.2 Å². The number of hydrogen-bond acceptors (Lipinski definition) is 6. The summed E-state index contributed by atoms with van der Waals surface area (Å²) in [6.45, 7) is 3.46. The Morgan fingerprint density at radius 1 is 1.21 bits per heavy atom. The van der Waals surface area contributed by atoms with Crippen molar-refractivity contribution in [3.05, 3.63) is 74.9 Å². The molecular formula is C20H18BrN3O5. The molecule has 2 aromatic carbocycles. The average Bonchev–Trinajstić information content (AvgIpc) is 2.90. The fourth-order valence-electron chi connectivity index (χ4n) is 3.07. The summed E-state index contributed by atoms with van der Waals surface area (Å²) in [5.74, 6) is -1.01. The maximum Gasteiger partial charge on any atom is 0.337 e. The van der Waals surface area contributed by atoms with Gasteiger partial charge in [0, 0.05) is 23.5 Å². The largest absolute Gasteiger partial charge is 0.464 e. The van der Waals surface area contributed by atoms with Gasteiger partial charge in [-0.2, -0.15) is 0 Å². The molecule has 1 aliphatic heterocycles. The van der Waals surface area contributed by atoms with E-state index in [1.54, 1.807) is 38.1 Å². The quantitative estimate of drug-likeness (QED) is 0.398. The third-order valence-electron chi connectivity index (χ3n) is 4.55. The second-order valence-electron chi connectivity index (χ2n) is 6.39. The van der Waals surface area contributed by atoms with E-state index >= 15 is 0 Å². The minimum absolute atomic E-state index is 0.0661. The number of non-ortho nitro benzene ring substituents is 1. The number of halogens is 1. The van der Waals surface area contributed by atoms with Crippen molar-refractivity contribution in [3.63, 3.8) is 0 Å². The molecule has 0 radical (unpaired) electrons. The highest BCUT2D eigenvalue weighted by Crippen LogP contribution is 2.43. The maximum atomic E-state index is 13.3. The highest BCUT2D eigenvalue weighted by Gasteiger charge is 2.54. The third kappa shape index (κ3) is 3.61. The van der Waals surface area contributed by atoms with Crippen LogP contribution < -0.4 is 10.2 Å². The van der Waals surface area contributed by atoms with E-state index in [1.165, 1.54) is 29.2 Å². The van der Waals surface area contributed by atoms with Crippen LogP contribution in [0.15, 0.2) is 64.8 Å². The van der Waals surface area contributed by atoms with Crippen molar-refractivity contribution in [1.29, 1.82) is 0 Å². The van der Waals surface area contributed by atoms with Gasteiger partial charge in [0.15, 0.2) is 5.54 Å². The number of esters is 1. The summed E-state index contributed by atoms with van der Waals surface area (Å²) >= 11 is 3.42. The molecule has 1 heterocycles. The molecule has 9 heteroatoms. The van der Waals surface area contributed by atoms with Crippen molar-refractivity contribution in [2.45, 2.75) is 19.4 Å². The first-order valence-corrected chi connectivity index (χ1v) is 9.58. The summed E-state index contributed by atoms with van der Waals surface area (Å²) in [5.41, 5.74) is -0.318. The Hall–Kier alpha value is -3.20. The lowest BCUT2D eigenvalue weighted by Crippen LogP contribution is -2.52. The number of nitro benzene ring substituents is 1. The van der Waals surface area contributed by atoms with Gasteiger partial charge in [0.1, 0.15) is 5.70 Å². The first-order chi connectivity index (χ1) is 13.8. The number of rotatable bonds is 6. The van der Waals surface area contributed by atoms with Crippen LogP contribution in [-0.4, -0.2) is 28.9 Å². The molecule has 2 aromatic rings. The van der Waals surface area contributed by atoms with E-state index in [-0.39, 0.29) is 18.0 Å². The normalized spacial score (nSPS) is 18.7. The minimum atomic E-state index is -1.41. The zero-order valence-corrected chi connectivity index (χ0v) is 17.3. The SMILES string of the molecule is CCOC(=O)[C@@]1(C)C(Br)=C(Nc2ccc([N+](=O)[O-])cc2)C(=O)N1c1ccccc1. The molecule has 0 saturated carbocycles. The average molecular weight is 460 g/mol. The Morgan fingerprint density at radius 3 is 2.38 bits per heavy atom. The van der Waals surface area contributed by atoms with Gasteiger partial charge in [-0.15, -0.1) is 0 Å². The lowest BCUT2D eigenvalue weighted by molar-refractivity contribution is -0.384. The van der Waals surface area contributed by atoms with Gasteiger partial charge >= 0.3 is 5.97 Å². The van der Waals surface area contributed by atoms with Crippen molar-refractivity contribution < 1.29 is 19.2 Å². The Labute approximate surface area is 175 Å². The summed E-state index contributed by atoms with van der Waals surface area (Å²) in [5, 5.41) is 13.8. The van der Waals surface area contributed by atoms with Crippen LogP contribution in [0.5, 0.6) is 0 Å². The molecule has 0 bridgehead atoms. The standard InChI is InChI=1S/C20H18BrN3O5/c1-3-29-19(26)20(2)17(21)16(18(25)23(20)14-7-5-4-6-8-14)22-13-9-11-15(12-10-13)24(27)28/h4-12,22H,3H2,1-2H3/t20-/m1/s1. The number of nitrogens with one attached hydrogen (secondary N) is 1. The number of para-hydroxylation sites is 1. The molecule has 0 aliphatic carbocycles. The number of nitro groups is 1. The van der Waals surface area contributed by atoms with Crippen molar-refractivity contribution >= 4 is 44.9 Å². The van der Waals surface area contributed by atoms with Gasteiger partial charge in [0.2, 0.25) is 0 Å². The Balaban J connectivity index is 2.04. The molecule has 29 heavy (non-hydrogen) atoms. The van der Waals surface area contributed by atoms with Crippen LogP contribution in [0.1, 0.15) is 13.8 Å². The van der Waals surface area contributed by atoms with Gasteiger partial charge in [0.05, 0.1) is 16.0 Å². The number of amides is 1. The van der Waals surface area contributed by atoms with Crippen LogP contribution >= 0.6 is 15.9 Å². The van der Waals surface area contributed by atoms with E-state index < -0.39 is 22.3 Å². The van der Waals surface area contributed by atoms with Gasteiger partial charge in [-0.1, -0.05) is 18.2 Å². The molecular weight excluding hydrogens is 442 g/mol. The van der Waals surface area contributed by atoms with Crippen LogP contribution in [0.4, 0.5) is 17.1 Å². The molecule has 0 unspecified atom stereocenters. The minimum Gasteiger partial charge on any atom is -0.464 e. The number of benzene rings is 2. The molecule has 0 spiro atoms. The van der Waals surface area contributed by atoms with Gasteiger partial charge in [-0.3, -0.25) is 19.8 Å². The number of hydrogen-bond donors (Lipinski definition) is 1. The zero-order chi connectivity index (χ0) is 21.2. The van der Waals surface area contributed by atoms with Gasteiger partial charge in [-0.05, 0) is 54.0 Å². The maximum absolute atomic E-state index is 13.3. The van der Waals surface area contributed by atoms with Crippen molar-refractivity contribution in [2.24, 2.45) is 0 Å². The molecule has 1 amide bonds. The summed E-state index contributed by atoms with van der Waals surface area (Å²) < 4.78 is 5.56. The van der Waals surface area contributed by atoms with Crippen LogP contribution in [-0.2, 0) is 14.3 Å². The Bertz CT molecular complexity index is 991. The summed E-state index contributed by atoms with van der Waals surface area (Å²) in [6.07, 6.45) is 0. The fraction of sp³-hybridized carbons (Fsp3) is 0.200. The van der Waals surface area contributed by atoms with Crippen LogP contribution in [0, 0.1) is 10.1 Å². The molecule has 1 atom stereocenters. The van der Waals surface area contributed by atoms with Crippen LogP contribution in [0.2, 0.25) is 0 Å². The zero-order valence-electron chi connectivity index (χ0n) is 15.7. The van der Waals surface area contributed by atoms with Crippen molar-refractivity contribution in [1.82, 2.24) is 0 Å². The first-order valence-electron chi connectivity index (χ1n) is 8.79. The molecule has 0 fully saturated rings. The van der Waals surface area contributed by atoms with Gasteiger partial charge in [0.25, 0.3) is 11.6 Å². The molecule has 1 N–H and O–H groups in total. The van der Waals surface area contributed by atoms with Gasteiger partial charge in [-0.25, -0.2) is 4.79 Å². The Morgan fingerprint density at radius 2 is 1.83 bits per heavy atom. The molecule has 3 rings (SSSR count). The number of nitrogens with zero attached hydrogens (tertiary/aromatic N) is 2. The van der Waals surface area contributed by atoms with E-state index in [4.69, 9.17) is 4.74 Å². The van der Waals surface area contributed by atoms with E-state index in [0.717, 1.165) is 0 Å². The highest BCUT2D eigenvalue weighted by atomic mass is 79.9. The van der Waals surface area contributed by atoms with Crippen molar-refractivity contribution in [3.8, 4) is 0 Å². The molecule has 0 aromatic heterocycles. The summed E-state index contributed by atoms with van der Waals surface area (Å²) in [6, 6.07) is 14.4. The van der Waals surface area contributed by atoms with E-state index in [0.29, 0.717) is 15.9 Å². The van der Waals surface area contributed by atoms with Crippen molar-refractivity contribution in [2.75, 3.05) is 16.8 Å². The number of anilines is 2. The predicted octanol–water partition coefficient (Wildman–Crippen LogP) is 3.98. The number of ether oxygens (including phenoxy) is 1. The molecule has 0 saturated heterocycles. The smallest absolute Gasteiger partial charge is 0.337 e. The second kappa shape index (κ2) is 8.04. The number of carbonyl (C=O) groups is 2. The monoisotopic (exact) mass is 459 g/mol.